The standard InChI is InChI=1S/C11H13Cl2NO2/c1-6(2)7-4-9(12)10(13)5-8(7)11(15)16-14-3/h4-6,14H,1-3H3. The molecule has 88 valence electrons. The number of hydrogen-bond acceptors (Lipinski definition) is 3. The van der Waals surface area contributed by atoms with Crippen LogP contribution in [0.15, 0.2) is 12.1 Å². The Morgan fingerprint density at radius 2 is 1.88 bits per heavy atom. The Hall–Kier alpha value is -0.770. The molecule has 1 aromatic rings. The van der Waals surface area contributed by atoms with Crippen LogP contribution in [0.2, 0.25) is 10.0 Å². The van der Waals surface area contributed by atoms with E-state index in [2.05, 4.69) is 5.48 Å². The molecule has 5 heteroatoms. The van der Waals surface area contributed by atoms with Crippen molar-refractivity contribution in [1.82, 2.24) is 5.48 Å². The van der Waals surface area contributed by atoms with Crippen LogP contribution in [0.1, 0.15) is 35.7 Å². The minimum absolute atomic E-state index is 0.161. The van der Waals surface area contributed by atoms with E-state index in [-0.39, 0.29) is 5.92 Å². The van der Waals surface area contributed by atoms with Gasteiger partial charge < -0.3 is 4.84 Å². The molecule has 0 aromatic heterocycles. The average molecular weight is 262 g/mol. The Bertz CT molecular complexity index is 405. The highest BCUT2D eigenvalue weighted by atomic mass is 35.5. The van der Waals surface area contributed by atoms with E-state index >= 15 is 0 Å². The zero-order valence-corrected chi connectivity index (χ0v) is 10.8. The number of benzene rings is 1. The first kappa shape index (κ1) is 13.3. The highest BCUT2D eigenvalue weighted by Gasteiger charge is 2.17. The fraction of sp³-hybridized carbons (Fsp3) is 0.364. The smallest absolute Gasteiger partial charge is 0.357 e. The number of hydrogen-bond donors (Lipinski definition) is 1. The van der Waals surface area contributed by atoms with Gasteiger partial charge in [-0.1, -0.05) is 37.0 Å². The summed E-state index contributed by atoms with van der Waals surface area (Å²) in [5.74, 6) is -0.307. The fourth-order valence-corrected chi connectivity index (χ4v) is 1.70. The maximum absolute atomic E-state index is 11.6. The Morgan fingerprint density at radius 1 is 1.31 bits per heavy atom. The van der Waals surface area contributed by atoms with Crippen LogP contribution in [0.4, 0.5) is 0 Å². The molecule has 3 nitrogen and oxygen atoms in total. The van der Waals surface area contributed by atoms with Crippen LogP contribution in [0.3, 0.4) is 0 Å². The Morgan fingerprint density at radius 3 is 2.38 bits per heavy atom. The Kier molecular flexibility index (Phi) is 4.59. The molecule has 0 bridgehead atoms. The van der Waals surface area contributed by atoms with Crippen LogP contribution in [0, 0.1) is 0 Å². The summed E-state index contributed by atoms with van der Waals surface area (Å²) in [4.78, 5) is 16.4. The molecule has 0 spiro atoms. The van der Waals surface area contributed by atoms with Gasteiger partial charge in [-0.05, 0) is 23.6 Å². The summed E-state index contributed by atoms with van der Waals surface area (Å²) in [6.45, 7) is 3.94. The van der Waals surface area contributed by atoms with Crippen molar-refractivity contribution >= 4 is 29.2 Å². The molecule has 1 aromatic carbocycles. The normalized spacial score (nSPS) is 10.6. The molecule has 0 aliphatic heterocycles. The molecule has 0 amide bonds. The largest absolute Gasteiger partial charge is 0.367 e. The van der Waals surface area contributed by atoms with Gasteiger partial charge in [-0.2, -0.15) is 5.48 Å². The number of halogens is 2. The lowest BCUT2D eigenvalue weighted by atomic mass is 9.97. The van der Waals surface area contributed by atoms with Crippen molar-refractivity contribution < 1.29 is 9.63 Å². The maximum atomic E-state index is 11.6. The molecular weight excluding hydrogens is 249 g/mol. The first-order chi connectivity index (χ1) is 7.47. The van der Waals surface area contributed by atoms with Gasteiger partial charge in [-0.25, -0.2) is 4.79 Å². The van der Waals surface area contributed by atoms with Crippen LogP contribution >= 0.6 is 23.2 Å². The lowest BCUT2D eigenvalue weighted by Crippen LogP contribution is -2.17. The van der Waals surface area contributed by atoms with Crippen molar-refractivity contribution in [3.8, 4) is 0 Å². The first-order valence-corrected chi connectivity index (χ1v) is 5.59. The lowest BCUT2D eigenvalue weighted by Gasteiger charge is -2.12. The van der Waals surface area contributed by atoms with Crippen LogP contribution in [0.5, 0.6) is 0 Å². The second-order valence-electron chi connectivity index (χ2n) is 3.60. The molecule has 0 aliphatic rings. The van der Waals surface area contributed by atoms with Crippen molar-refractivity contribution in [1.29, 1.82) is 0 Å². The van der Waals surface area contributed by atoms with Crippen molar-refractivity contribution in [2.75, 3.05) is 7.05 Å². The molecule has 0 aliphatic carbocycles. The SMILES string of the molecule is CNOC(=O)c1cc(Cl)c(Cl)cc1C(C)C. The predicted octanol–water partition coefficient (Wildman–Crippen LogP) is 3.41. The van der Waals surface area contributed by atoms with E-state index in [4.69, 9.17) is 28.0 Å². The van der Waals surface area contributed by atoms with Gasteiger partial charge in [0.15, 0.2) is 0 Å². The highest BCUT2D eigenvalue weighted by Crippen LogP contribution is 2.30. The molecule has 0 atom stereocenters. The zero-order valence-electron chi connectivity index (χ0n) is 9.30. The maximum Gasteiger partial charge on any atom is 0.357 e. The van der Waals surface area contributed by atoms with Crippen molar-refractivity contribution in [3.05, 3.63) is 33.3 Å². The van der Waals surface area contributed by atoms with Crippen LogP contribution in [-0.4, -0.2) is 13.0 Å². The zero-order chi connectivity index (χ0) is 12.3. The van der Waals surface area contributed by atoms with E-state index in [1.807, 2.05) is 13.8 Å². The van der Waals surface area contributed by atoms with E-state index in [1.54, 1.807) is 6.07 Å². The van der Waals surface area contributed by atoms with Crippen LogP contribution < -0.4 is 5.48 Å². The number of hydroxylamine groups is 1. The minimum Gasteiger partial charge on any atom is -0.367 e. The van der Waals surface area contributed by atoms with E-state index in [0.29, 0.717) is 15.6 Å². The molecule has 0 saturated heterocycles. The lowest BCUT2D eigenvalue weighted by molar-refractivity contribution is 0.0308. The van der Waals surface area contributed by atoms with E-state index in [1.165, 1.54) is 13.1 Å². The van der Waals surface area contributed by atoms with E-state index < -0.39 is 5.97 Å². The summed E-state index contributed by atoms with van der Waals surface area (Å²) in [5.41, 5.74) is 3.58. The molecule has 1 rings (SSSR count). The number of carbonyl (C=O) groups is 1. The summed E-state index contributed by atoms with van der Waals surface area (Å²) >= 11 is 11.8. The van der Waals surface area contributed by atoms with Gasteiger partial charge in [0, 0.05) is 7.05 Å². The second kappa shape index (κ2) is 5.53. The van der Waals surface area contributed by atoms with E-state index in [9.17, 15) is 4.79 Å². The monoisotopic (exact) mass is 261 g/mol. The van der Waals surface area contributed by atoms with Gasteiger partial charge in [0.25, 0.3) is 0 Å². The van der Waals surface area contributed by atoms with Crippen LogP contribution in [0.25, 0.3) is 0 Å². The fourth-order valence-electron chi connectivity index (χ4n) is 1.36. The van der Waals surface area contributed by atoms with Crippen molar-refractivity contribution in [2.45, 2.75) is 19.8 Å². The highest BCUT2D eigenvalue weighted by molar-refractivity contribution is 6.42. The molecule has 0 fully saturated rings. The van der Waals surface area contributed by atoms with Gasteiger partial charge in [0.1, 0.15) is 0 Å². The number of rotatable bonds is 3. The Balaban J connectivity index is 3.24. The third-order valence-electron chi connectivity index (χ3n) is 2.13. The summed E-state index contributed by atoms with van der Waals surface area (Å²) in [6, 6.07) is 3.22. The Labute approximate surface area is 105 Å². The number of nitrogens with one attached hydrogen (secondary N) is 1. The second-order valence-corrected chi connectivity index (χ2v) is 4.42. The predicted molar refractivity (Wildman–Crippen MR) is 65.0 cm³/mol. The van der Waals surface area contributed by atoms with Gasteiger partial charge in [-0.3, -0.25) is 0 Å². The van der Waals surface area contributed by atoms with Gasteiger partial charge in [-0.15, -0.1) is 0 Å². The summed E-state index contributed by atoms with van der Waals surface area (Å²) in [5, 5.41) is 0.778. The summed E-state index contributed by atoms with van der Waals surface area (Å²) in [6.07, 6.45) is 0. The van der Waals surface area contributed by atoms with Crippen LogP contribution in [-0.2, 0) is 4.84 Å². The van der Waals surface area contributed by atoms with Gasteiger partial charge in [0.2, 0.25) is 0 Å². The summed E-state index contributed by atoms with van der Waals surface area (Å²) < 4.78 is 0. The molecular formula is C11H13Cl2NO2. The van der Waals surface area contributed by atoms with Gasteiger partial charge in [0.05, 0.1) is 15.6 Å². The third kappa shape index (κ3) is 2.88. The average Bonchev–Trinajstić information content (AvgIpc) is 2.21. The van der Waals surface area contributed by atoms with Crippen molar-refractivity contribution in [3.63, 3.8) is 0 Å². The summed E-state index contributed by atoms with van der Waals surface area (Å²) in [7, 11) is 1.52. The first-order valence-electron chi connectivity index (χ1n) is 4.84. The van der Waals surface area contributed by atoms with Gasteiger partial charge >= 0.3 is 5.97 Å². The molecule has 1 N–H and O–H groups in total. The molecule has 0 heterocycles. The minimum atomic E-state index is -0.468. The van der Waals surface area contributed by atoms with Crippen molar-refractivity contribution in [2.24, 2.45) is 0 Å². The quantitative estimate of drug-likeness (QED) is 0.848. The molecule has 0 saturated carbocycles. The number of carbonyl (C=O) groups excluding carboxylic acids is 1. The molecule has 0 unspecified atom stereocenters. The van der Waals surface area contributed by atoms with E-state index in [0.717, 1.165) is 5.56 Å². The molecule has 0 radical (unpaired) electrons. The molecule has 16 heavy (non-hydrogen) atoms. The third-order valence-corrected chi connectivity index (χ3v) is 2.85. The topological polar surface area (TPSA) is 38.3 Å².